The zero-order chi connectivity index (χ0) is 17.2. The summed E-state index contributed by atoms with van der Waals surface area (Å²) in [6.45, 7) is 2.28. The Bertz CT molecular complexity index is 531. The second-order valence-corrected chi connectivity index (χ2v) is 10.4. The molecule has 0 radical (unpaired) electrons. The van der Waals surface area contributed by atoms with Gasteiger partial charge in [-0.05, 0) is 94.3 Å². The van der Waals surface area contributed by atoms with Gasteiger partial charge in [-0.15, -0.1) is 0 Å². The van der Waals surface area contributed by atoms with E-state index in [-0.39, 0.29) is 23.7 Å². The second kappa shape index (κ2) is 5.82. The third-order valence-corrected chi connectivity index (χ3v) is 8.78. The SMILES string of the molecule is C[C@@H](NC(=O)C1C[C@H]2CCC[C@@H](C1)C2=O)C12CC3CC(CC(C3)C1)C2. The molecule has 0 spiro atoms. The first-order valence-electron chi connectivity index (χ1n) is 10.9. The van der Waals surface area contributed by atoms with Crippen molar-refractivity contribution in [3.63, 3.8) is 0 Å². The highest BCUT2D eigenvalue weighted by Crippen LogP contribution is 2.61. The standard InChI is InChI=1S/C22H33NO2/c1-13(22-10-14-5-15(11-22)7-16(6-14)12-22)23-21(25)19-8-17-3-2-4-18(9-19)20(17)24/h13-19H,2-12H2,1H3,(H,23,25)/t13-,14?,15?,16?,17-,18+,19?,22?/m1/s1. The van der Waals surface area contributed by atoms with Gasteiger partial charge in [0.15, 0.2) is 0 Å². The minimum Gasteiger partial charge on any atom is -0.353 e. The van der Waals surface area contributed by atoms with Gasteiger partial charge in [0.25, 0.3) is 0 Å². The number of hydrogen-bond acceptors (Lipinski definition) is 2. The third-order valence-electron chi connectivity index (χ3n) is 8.78. The predicted octanol–water partition coefficient (Wildman–Crippen LogP) is 4.10. The fourth-order valence-corrected chi connectivity index (χ4v) is 7.89. The molecule has 1 amide bonds. The van der Waals surface area contributed by atoms with E-state index in [0.29, 0.717) is 17.2 Å². The zero-order valence-corrected chi connectivity index (χ0v) is 15.6. The largest absolute Gasteiger partial charge is 0.353 e. The van der Waals surface area contributed by atoms with Crippen LogP contribution in [0.3, 0.4) is 0 Å². The van der Waals surface area contributed by atoms with Gasteiger partial charge in [-0.2, -0.15) is 0 Å². The van der Waals surface area contributed by atoms with Crippen LogP contribution in [0.5, 0.6) is 0 Å². The monoisotopic (exact) mass is 343 g/mol. The summed E-state index contributed by atoms with van der Waals surface area (Å²) in [5.41, 5.74) is 0.380. The summed E-state index contributed by atoms with van der Waals surface area (Å²) < 4.78 is 0. The Balaban J connectivity index is 1.26. The van der Waals surface area contributed by atoms with Gasteiger partial charge in [-0.3, -0.25) is 9.59 Å². The van der Waals surface area contributed by atoms with E-state index in [2.05, 4.69) is 12.2 Å². The zero-order valence-electron chi connectivity index (χ0n) is 15.6. The van der Waals surface area contributed by atoms with Gasteiger partial charge >= 0.3 is 0 Å². The molecular formula is C22H33NO2. The lowest BCUT2D eigenvalue weighted by atomic mass is 9.48. The fourth-order valence-electron chi connectivity index (χ4n) is 7.89. The van der Waals surface area contributed by atoms with Crippen molar-refractivity contribution in [3.05, 3.63) is 0 Å². The Kier molecular flexibility index (Phi) is 3.80. The highest BCUT2D eigenvalue weighted by Gasteiger charge is 2.53. The number of carbonyl (C=O) groups excluding carboxylic acids is 2. The summed E-state index contributed by atoms with van der Waals surface area (Å²) in [7, 11) is 0. The fraction of sp³-hybridized carbons (Fsp3) is 0.909. The number of Topliss-reactive ketones (excluding diaryl/α,β-unsaturated/α-hetero) is 1. The van der Waals surface area contributed by atoms with Crippen molar-refractivity contribution in [1.29, 1.82) is 0 Å². The molecule has 0 aromatic rings. The van der Waals surface area contributed by atoms with Crippen LogP contribution >= 0.6 is 0 Å². The molecule has 25 heavy (non-hydrogen) atoms. The summed E-state index contributed by atoms with van der Waals surface area (Å²) in [4.78, 5) is 25.3. The lowest BCUT2D eigenvalue weighted by Crippen LogP contribution is -2.57. The van der Waals surface area contributed by atoms with Crippen molar-refractivity contribution in [3.8, 4) is 0 Å². The van der Waals surface area contributed by atoms with Gasteiger partial charge in [0.2, 0.25) is 5.91 Å². The topological polar surface area (TPSA) is 46.2 Å². The summed E-state index contributed by atoms with van der Waals surface area (Å²) in [5, 5.41) is 3.46. The van der Waals surface area contributed by atoms with Crippen molar-refractivity contribution < 1.29 is 9.59 Å². The number of fused-ring (bicyclic) bond motifs is 2. The molecule has 6 bridgehead atoms. The second-order valence-electron chi connectivity index (χ2n) is 10.4. The van der Waals surface area contributed by atoms with Crippen LogP contribution in [-0.2, 0) is 9.59 Å². The van der Waals surface area contributed by atoms with Gasteiger partial charge < -0.3 is 5.32 Å². The van der Waals surface area contributed by atoms with Crippen molar-refractivity contribution in [2.24, 2.45) is 40.9 Å². The number of nitrogens with one attached hydrogen (secondary N) is 1. The van der Waals surface area contributed by atoms with Crippen molar-refractivity contribution >= 4 is 11.7 Å². The van der Waals surface area contributed by atoms with E-state index >= 15 is 0 Å². The van der Waals surface area contributed by atoms with Gasteiger partial charge in [0.1, 0.15) is 5.78 Å². The lowest BCUT2D eigenvalue weighted by Gasteiger charge is -2.59. The van der Waals surface area contributed by atoms with Crippen LogP contribution in [-0.4, -0.2) is 17.7 Å². The van der Waals surface area contributed by atoms with Crippen LogP contribution in [0.15, 0.2) is 0 Å². The number of carbonyl (C=O) groups is 2. The Labute approximate surface area is 151 Å². The van der Waals surface area contributed by atoms with E-state index in [1.165, 1.54) is 44.9 Å². The molecule has 6 rings (SSSR count). The summed E-state index contributed by atoms with van der Waals surface area (Å²) >= 11 is 0. The highest BCUT2D eigenvalue weighted by molar-refractivity contribution is 5.88. The third kappa shape index (κ3) is 2.68. The minimum absolute atomic E-state index is 0.0874. The van der Waals surface area contributed by atoms with E-state index in [9.17, 15) is 9.59 Å². The normalized spacial score (nSPS) is 49.1. The van der Waals surface area contributed by atoms with Crippen molar-refractivity contribution in [1.82, 2.24) is 5.32 Å². The molecule has 138 valence electrons. The molecule has 0 aromatic carbocycles. The summed E-state index contributed by atoms with van der Waals surface area (Å²) in [6, 6.07) is 0.311. The van der Waals surface area contributed by atoms with Gasteiger partial charge in [-0.25, -0.2) is 0 Å². The first-order valence-corrected chi connectivity index (χ1v) is 10.9. The Morgan fingerprint density at radius 1 is 0.960 bits per heavy atom. The Morgan fingerprint density at radius 2 is 1.48 bits per heavy atom. The van der Waals surface area contributed by atoms with Crippen LogP contribution in [0, 0.1) is 40.9 Å². The predicted molar refractivity (Wildman–Crippen MR) is 96.8 cm³/mol. The molecule has 6 saturated carbocycles. The maximum Gasteiger partial charge on any atom is 0.223 e. The number of rotatable bonds is 3. The molecular weight excluding hydrogens is 310 g/mol. The van der Waals surface area contributed by atoms with Crippen LogP contribution in [0.1, 0.15) is 77.6 Å². The van der Waals surface area contributed by atoms with E-state index in [4.69, 9.17) is 0 Å². The number of amides is 1. The van der Waals surface area contributed by atoms with E-state index in [1.54, 1.807) is 0 Å². The molecule has 0 saturated heterocycles. The smallest absolute Gasteiger partial charge is 0.223 e. The number of ketones is 1. The molecule has 4 atom stereocenters. The average Bonchev–Trinajstić information content (AvgIpc) is 2.53. The summed E-state index contributed by atoms with van der Waals surface area (Å²) in [6.07, 6.45) is 13.2. The van der Waals surface area contributed by atoms with Gasteiger partial charge in [0.05, 0.1) is 0 Å². The molecule has 0 aliphatic heterocycles. The molecule has 6 aliphatic rings. The number of hydrogen-bond donors (Lipinski definition) is 1. The van der Waals surface area contributed by atoms with Crippen LogP contribution in [0.25, 0.3) is 0 Å². The molecule has 1 unspecified atom stereocenters. The highest BCUT2D eigenvalue weighted by atomic mass is 16.2. The quantitative estimate of drug-likeness (QED) is 0.838. The molecule has 3 heteroatoms. The van der Waals surface area contributed by atoms with Gasteiger partial charge in [-0.1, -0.05) is 6.42 Å². The maximum atomic E-state index is 13.0. The van der Waals surface area contributed by atoms with E-state index < -0.39 is 0 Å². The summed E-state index contributed by atoms with van der Waals surface area (Å²) in [5.74, 6) is 3.95. The van der Waals surface area contributed by atoms with Gasteiger partial charge in [0, 0.05) is 23.8 Å². The first kappa shape index (κ1) is 16.3. The molecule has 6 aliphatic carbocycles. The van der Waals surface area contributed by atoms with Crippen LogP contribution in [0.4, 0.5) is 0 Å². The maximum absolute atomic E-state index is 13.0. The van der Waals surface area contributed by atoms with Crippen LogP contribution in [0.2, 0.25) is 0 Å². The molecule has 6 fully saturated rings. The molecule has 3 nitrogen and oxygen atoms in total. The molecule has 0 heterocycles. The van der Waals surface area contributed by atoms with Crippen molar-refractivity contribution in [2.75, 3.05) is 0 Å². The lowest BCUT2D eigenvalue weighted by molar-refractivity contribution is -0.139. The average molecular weight is 344 g/mol. The first-order chi connectivity index (χ1) is 12.0. The van der Waals surface area contributed by atoms with E-state index in [0.717, 1.165) is 43.4 Å². The van der Waals surface area contributed by atoms with Crippen molar-refractivity contribution in [2.45, 2.75) is 83.6 Å². The Morgan fingerprint density at radius 3 is 2.00 bits per heavy atom. The van der Waals surface area contributed by atoms with E-state index in [1.807, 2.05) is 0 Å². The minimum atomic E-state index is 0.0874. The molecule has 1 N–H and O–H groups in total. The Hall–Kier alpha value is -0.860. The molecule has 0 aromatic heterocycles. The van der Waals surface area contributed by atoms with Crippen LogP contribution < -0.4 is 5.32 Å².